The smallest absolute Gasteiger partial charge is 0.336 e. The standard InChI is InChI=1S/C26H26N2O3/c1-17-14-15-21(26(29)30)23-20(12-7-8-16-27)25(28-24(17)23)19-11-5-6-13-22(19)31-18-9-3-2-4-10-18/h2-6,9-11,13-15,28H,7-8,12,16,27H2,1H3,(H,29,30). The molecule has 158 valence electrons. The molecular weight excluding hydrogens is 388 g/mol. The summed E-state index contributed by atoms with van der Waals surface area (Å²) in [6.45, 7) is 2.60. The molecule has 0 spiro atoms. The Bertz CT molecular complexity index is 1210. The van der Waals surface area contributed by atoms with E-state index in [1.54, 1.807) is 6.07 Å². The Labute approximate surface area is 181 Å². The van der Waals surface area contributed by atoms with Crippen LogP contribution in [0.15, 0.2) is 66.7 Å². The van der Waals surface area contributed by atoms with E-state index in [0.29, 0.717) is 12.1 Å². The molecule has 31 heavy (non-hydrogen) atoms. The fourth-order valence-corrected chi connectivity index (χ4v) is 3.99. The Morgan fingerprint density at radius 1 is 1.00 bits per heavy atom. The molecule has 1 heterocycles. The second-order valence-electron chi connectivity index (χ2n) is 7.62. The van der Waals surface area contributed by atoms with Crippen molar-refractivity contribution in [1.82, 2.24) is 4.98 Å². The summed E-state index contributed by atoms with van der Waals surface area (Å²) in [5, 5.41) is 10.6. The van der Waals surface area contributed by atoms with Crippen LogP contribution in [0.5, 0.6) is 11.5 Å². The van der Waals surface area contributed by atoms with Gasteiger partial charge in [0.1, 0.15) is 11.5 Å². The SMILES string of the molecule is Cc1ccc(C(=O)O)c2c(CCCCN)c(-c3ccccc3Oc3ccccc3)[nH]c12. The summed E-state index contributed by atoms with van der Waals surface area (Å²) in [4.78, 5) is 15.5. The molecular formula is C26H26N2O3. The van der Waals surface area contributed by atoms with Gasteiger partial charge in [-0.15, -0.1) is 0 Å². The molecule has 0 fully saturated rings. The highest BCUT2D eigenvalue weighted by molar-refractivity contribution is 6.07. The fraction of sp³-hybridized carbons (Fsp3) is 0.192. The number of unbranched alkanes of at least 4 members (excludes halogenated alkanes) is 1. The molecule has 0 bridgehead atoms. The van der Waals surface area contributed by atoms with Gasteiger partial charge in [-0.05, 0) is 74.2 Å². The third-order valence-electron chi connectivity index (χ3n) is 5.51. The second-order valence-corrected chi connectivity index (χ2v) is 7.62. The zero-order valence-corrected chi connectivity index (χ0v) is 17.5. The summed E-state index contributed by atoms with van der Waals surface area (Å²) in [7, 11) is 0. The molecule has 5 nitrogen and oxygen atoms in total. The summed E-state index contributed by atoms with van der Waals surface area (Å²) in [5.41, 5.74) is 10.7. The Hall–Kier alpha value is -3.57. The van der Waals surface area contributed by atoms with E-state index in [1.165, 1.54) is 0 Å². The number of nitrogens with two attached hydrogens (primary N) is 1. The van der Waals surface area contributed by atoms with Crippen LogP contribution < -0.4 is 10.5 Å². The lowest BCUT2D eigenvalue weighted by atomic mass is 9.96. The van der Waals surface area contributed by atoms with Crippen molar-refractivity contribution in [2.45, 2.75) is 26.2 Å². The number of nitrogens with one attached hydrogen (secondary N) is 1. The van der Waals surface area contributed by atoms with Crippen LogP contribution in [-0.2, 0) is 6.42 Å². The van der Waals surface area contributed by atoms with Gasteiger partial charge >= 0.3 is 5.97 Å². The summed E-state index contributed by atoms with van der Waals surface area (Å²) < 4.78 is 6.19. The van der Waals surface area contributed by atoms with Crippen LogP contribution in [0, 0.1) is 6.92 Å². The van der Waals surface area contributed by atoms with Gasteiger partial charge < -0.3 is 20.6 Å². The number of hydrogen-bond acceptors (Lipinski definition) is 3. The van der Waals surface area contributed by atoms with Gasteiger partial charge in [-0.25, -0.2) is 4.79 Å². The van der Waals surface area contributed by atoms with Gasteiger partial charge in [-0.1, -0.05) is 36.4 Å². The minimum Gasteiger partial charge on any atom is -0.478 e. The minimum atomic E-state index is -0.926. The quantitative estimate of drug-likeness (QED) is 0.313. The zero-order valence-electron chi connectivity index (χ0n) is 17.5. The summed E-state index contributed by atoms with van der Waals surface area (Å²) in [6, 6.07) is 21.0. The van der Waals surface area contributed by atoms with E-state index < -0.39 is 5.97 Å². The molecule has 0 aliphatic carbocycles. The molecule has 0 aliphatic rings. The van der Waals surface area contributed by atoms with Gasteiger partial charge in [-0.2, -0.15) is 0 Å². The lowest BCUT2D eigenvalue weighted by molar-refractivity contribution is 0.0699. The van der Waals surface area contributed by atoms with Crippen LogP contribution in [-0.4, -0.2) is 22.6 Å². The van der Waals surface area contributed by atoms with Crippen LogP contribution in [0.2, 0.25) is 0 Å². The van der Waals surface area contributed by atoms with E-state index in [2.05, 4.69) is 4.98 Å². The van der Waals surface area contributed by atoms with E-state index in [-0.39, 0.29) is 0 Å². The van der Waals surface area contributed by atoms with Gasteiger partial charge in [0.2, 0.25) is 0 Å². The predicted molar refractivity (Wildman–Crippen MR) is 124 cm³/mol. The molecule has 0 aliphatic heterocycles. The number of fused-ring (bicyclic) bond motifs is 1. The third kappa shape index (κ3) is 4.18. The van der Waals surface area contributed by atoms with Gasteiger partial charge in [0.15, 0.2) is 0 Å². The Kier molecular flexibility index (Phi) is 6.05. The maximum absolute atomic E-state index is 12.0. The van der Waals surface area contributed by atoms with Crippen molar-refractivity contribution in [2.75, 3.05) is 6.54 Å². The molecule has 0 radical (unpaired) electrons. The number of hydrogen-bond donors (Lipinski definition) is 3. The van der Waals surface area contributed by atoms with Crippen molar-refractivity contribution in [1.29, 1.82) is 0 Å². The molecule has 0 saturated heterocycles. The molecule has 4 rings (SSSR count). The summed E-state index contributed by atoms with van der Waals surface area (Å²) in [5.74, 6) is 0.539. The minimum absolute atomic E-state index is 0.312. The average molecular weight is 415 g/mol. The molecule has 5 heteroatoms. The van der Waals surface area contributed by atoms with Gasteiger partial charge in [0.05, 0.1) is 11.3 Å². The first-order chi connectivity index (χ1) is 15.1. The fourth-order valence-electron chi connectivity index (χ4n) is 3.99. The maximum atomic E-state index is 12.0. The van der Waals surface area contributed by atoms with Crippen LogP contribution in [0.25, 0.3) is 22.2 Å². The average Bonchev–Trinajstić information content (AvgIpc) is 3.15. The highest BCUT2D eigenvalue weighted by Gasteiger charge is 2.22. The number of rotatable bonds is 8. The van der Waals surface area contributed by atoms with Crippen LogP contribution in [0.3, 0.4) is 0 Å². The first-order valence-corrected chi connectivity index (χ1v) is 10.5. The lowest BCUT2D eigenvalue weighted by Crippen LogP contribution is -2.01. The molecule has 0 unspecified atom stereocenters. The number of para-hydroxylation sites is 2. The van der Waals surface area contributed by atoms with Gasteiger partial charge in [-0.3, -0.25) is 0 Å². The van der Waals surface area contributed by atoms with E-state index in [4.69, 9.17) is 10.5 Å². The monoisotopic (exact) mass is 414 g/mol. The number of aromatic carboxylic acids is 1. The van der Waals surface area contributed by atoms with Crippen LogP contribution >= 0.6 is 0 Å². The number of carboxylic acids is 1. The second kappa shape index (κ2) is 9.06. The number of benzene rings is 3. The Morgan fingerprint density at radius 2 is 1.74 bits per heavy atom. The Balaban J connectivity index is 1.92. The number of carbonyl (C=O) groups is 1. The largest absolute Gasteiger partial charge is 0.478 e. The van der Waals surface area contributed by atoms with Gasteiger partial charge in [0.25, 0.3) is 0 Å². The van der Waals surface area contributed by atoms with Crippen LogP contribution in [0.4, 0.5) is 0 Å². The Morgan fingerprint density at radius 3 is 2.48 bits per heavy atom. The van der Waals surface area contributed by atoms with Crippen molar-refractivity contribution in [3.63, 3.8) is 0 Å². The lowest BCUT2D eigenvalue weighted by Gasteiger charge is -2.12. The maximum Gasteiger partial charge on any atom is 0.336 e. The van der Waals surface area contributed by atoms with E-state index >= 15 is 0 Å². The van der Waals surface area contributed by atoms with Crippen molar-refractivity contribution in [3.8, 4) is 22.8 Å². The number of H-pyrrole nitrogens is 1. The number of aromatic amines is 1. The van der Waals surface area contributed by atoms with Crippen molar-refractivity contribution in [3.05, 3.63) is 83.4 Å². The first kappa shape index (κ1) is 20.7. The molecule has 1 aromatic heterocycles. The molecule has 3 aromatic carbocycles. The highest BCUT2D eigenvalue weighted by Crippen LogP contribution is 2.40. The highest BCUT2D eigenvalue weighted by atomic mass is 16.5. The molecule has 4 aromatic rings. The van der Waals surface area contributed by atoms with E-state index in [9.17, 15) is 9.90 Å². The van der Waals surface area contributed by atoms with Crippen LogP contribution in [0.1, 0.15) is 34.3 Å². The molecule has 0 atom stereocenters. The number of ether oxygens (including phenoxy) is 1. The van der Waals surface area contributed by atoms with Crippen molar-refractivity contribution < 1.29 is 14.6 Å². The van der Waals surface area contributed by atoms with E-state index in [0.717, 1.165) is 64.0 Å². The summed E-state index contributed by atoms with van der Waals surface area (Å²) in [6.07, 6.45) is 2.49. The normalized spacial score (nSPS) is 11.0. The van der Waals surface area contributed by atoms with Crippen molar-refractivity contribution in [2.24, 2.45) is 5.73 Å². The van der Waals surface area contributed by atoms with Gasteiger partial charge in [0, 0.05) is 16.5 Å². The third-order valence-corrected chi connectivity index (χ3v) is 5.51. The first-order valence-electron chi connectivity index (χ1n) is 10.5. The topological polar surface area (TPSA) is 88.3 Å². The number of carboxylic acid groups (broad SMARTS) is 1. The molecule has 4 N–H and O–H groups in total. The van der Waals surface area contributed by atoms with E-state index in [1.807, 2.05) is 67.6 Å². The predicted octanol–water partition coefficient (Wildman–Crippen LogP) is 5.92. The molecule has 0 saturated carbocycles. The number of aryl methyl sites for hydroxylation is 2. The molecule has 0 amide bonds. The summed E-state index contributed by atoms with van der Waals surface area (Å²) >= 11 is 0. The van der Waals surface area contributed by atoms with Crippen molar-refractivity contribution >= 4 is 16.9 Å². The number of aromatic nitrogens is 1. The zero-order chi connectivity index (χ0) is 21.8.